The Morgan fingerprint density at radius 2 is 1.67 bits per heavy atom. The molecule has 0 spiro atoms. The van der Waals surface area contributed by atoms with Crippen LogP contribution in [0.15, 0.2) is 71.2 Å². The van der Waals surface area contributed by atoms with Crippen LogP contribution >= 0.6 is 0 Å². The number of para-hydroxylation sites is 1. The predicted octanol–water partition coefficient (Wildman–Crippen LogP) is 4.88. The predicted molar refractivity (Wildman–Crippen MR) is 75.4 cm³/mol. The molecule has 0 radical (unpaired) electrons. The molecule has 0 unspecified atom stereocenters. The van der Waals surface area contributed by atoms with Crippen molar-refractivity contribution in [2.75, 3.05) is 0 Å². The molecule has 3 rings (SSSR count). The van der Waals surface area contributed by atoms with E-state index < -0.39 is 0 Å². The quantitative estimate of drug-likeness (QED) is 0.615. The van der Waals surface area contributed by atoms with Crippen molar-refractivity contribution in [1.82, 2.24) is 0 Å². The number of hydrogen-bond donors (Lipinski definition) is 0. The fourth-order valence-corrected chi connectivity index (χ4v) is 2.18. The lowest BCUT2D eigenvalue weighted by Gasteiger charge is -2.03. The third-order valence-corrected chi connectivity index (χ3v) is 3.06. The normalized spacial score (nSPS) is 11.9. The van der Waals surface area contributed by atoms with Gasteiger partial charge in [0.15, 0.2) is 0 Å². The largest absolute Gasteiger partial charge is 0.456 e. The molecule has 0 fully saturated rings. The molecule has 0 aliphatic rings. The monoisotopic (exact) mass is 234 g/mol. The van der Waals surface area contributed by atoms with E-state index in [0.717, 1.165) is 22.3 Å². The first-order valence-electron chi connectivity index (χ1n) is 6.09. The van der Waals surface area contributed by atoms with E-state index in [2.05, 4.69) is 30.3 Å². The van der Waals surface area contributed by atoms with Gasteiger partial charge in [-0.25, -0.2) is 0 Å². The summed E-state index contributed by atoms with van der Waals surface area (Å²) in [6.07, 6.45) is 2.09. The van der Waals surface area contributed by atoms with Crippen molar-refractivity contribution < 1.29 is 4.42 Å². The Hall–Kier alpha value is -2.28. The van der Waals surface area contributed by atoms with Gasteiger partial charge in [-0.05, 0) is 24.6 Å². The summed E-state index contributed by atoms with van der Waals surface area (Å²) in [6, 6.07) is 20.5. The van der Waals surface area contributed by atoms with Crippen LogP contribution in [0.4, 0.5) is 0 Å². The second kappa shape index (κ2) is 4.53. The number of fused-ring (bicyclic) bond motifs is 1. The minimum absolute atomic E-state index is 0.921. The van der Waals surface area contributed by atoms with E-state index in [1.807, 2.05) is 43.3 Å². The summed E-state index contributed by atoms with van der Waals surface area (Å²) in [4.78, 5) is 0. The molecule has 18 heavy (non-hydrogen) atoms. The zero-order valence-corrected chi connectivity index (χ0v) is 10.3. The Kier molecular flexibility index (Phi) is 2.73. The molecule has 0 saturated carbocycles. The van der Waals surface area contributed by atoms with Gasteiger partial charge in [0.25, 0.3) is 0 Å². The Morgan fingerprint density at radius 3 is 2.39 bits per heavy atom. The van der Waals surface area contributed by atoms with Crippen molar-refractivity contribution in [1.29, 1.82) is 0 Å². The summed E-state index contributed by atoms with van der Waals surface area (Å²) in [5, 5.41) is 1.14. The molecule has 0 aliphatic heterocycles. The highest BCUT2D eigenvalue weighted by Crippen LogP contribution is 2.28. The van der Waals surface area contributed by atoms with Crippen molar-refractivity contribution in [3.05, 3.63) is 78.1 Å². The molecule has 0 bridgehead atoms. The van der Waals surface area contributed by atoms with Gasteiger partial charge in [-0.15, -0.1) is 0 Å². The number of benzene rings is 2. The summed E-state index contributed by atoms with van der Waals surface area (Å²) >= 11 is 0. The summed E-state index contributed by atoms with van der Waals surface area (Å²) < 4.78 is 5.91. The van der Waals surface area contributed by atoms with Crippen molar-refractivity contribution in [2.45, 2.75) is 6.92 Å². The van der Waals surface area contributed by atoms with Crippen LogP contribution in [-0.4, -0.2) is 0 Å². The highest BCUT2D eigenvalue weighted by Gasteiger charge is 2.09. The fraction of sp³-hybridized carbons (Fsp3) is 0.0588. The lowest BCUT2D eigenvalue weighted by atomic mass is 10.0. The van der Waals surface area contributed by atoms with Gasteiger partial charge in [0.2, 0.25) is 0 Å². The fourth-order valence-electron chi connectivity index (χ4n) is 2.18. The first-order valence-corrected chi connectivity index (χ1v) is 6.09. The van der Waals surface area contributed by atoms with Crippen LogP contribution in [0.25, 0.3) is 16.5 Å². The van der Waals surface area contributed by atoms with Gasteiger partial charge in [-0.3, -0.25) is 0 Å². The molecule has 88 valence electrons. The van der Waals surface area contributed by atoms with Crippen molar-refractivity contribution in [3.63, 3.8) is 0 Å². The zero-order valence-electron chi connectivity index (χ0n) is 10.3. The van der Waals surface area contributed by atoms with Crippen LogP contribution in [0.3, 0.4) is 0 Å². The van der Waals surface area contributed by atoms with E-state index in [0.29, 0.717) is 0 Å². The summed E-state index contributed by atoms with van der Waals surface area (Å²) in [6.45, 7) is 2.04. The Morgan fingerprint density at radius 1 is 0.944 bits per heavy atom. The van der Waals surface area contributed by atoms with Crippen LogP contribution in [0.1, 0.15) is 18.2 Å². The lowest BCUT2D eigenvalue weighted by Crippen LogP contribution is -1.83. The number of allylic oxidation sites excluding steroid dienone is 1. The molecule has 1 heteroatoms. The van der Waals surface area contributed by atoms with Crippen LogP contribution in [0.5, 0.6) is 0 Å². The van der Waals surface area contributed by atoms with E-state index in [1.54, 1.807) is 0 Å². The number of furan rings is 1. The zero-order chi connectivity index (χ0) is 12.4. The highest BCUT2D eigenvalue weighted by molar-refractivity contribution is 5.85. The molecular formula is C17H14O. The molecule has 1 aromatic heterocycles. The summed E-state index contributed by atoms with van der Waals surface area (Å²) in [5.74, 6) is 0.921. The molecule has 1 nitrogen and oxygen atoms in total. The maximum absolute atomic E-state index is 5.91. The van der Waals surface area contributed by atoms with E-state index in [1.165, 1.54) is 5.56 Å². The first-order chi connectivity index (χ1) is 8.88. The summed E-state index contributed by atoms with van der Waals surface area (Å²) in [5.41, 5.74) is 3.24. The average molecular weight is 234 g/mol. The number of hydrogen-bond acceptors (Lipinski definition) is 1. The van der Waals surface area contributed by atoms with E-state index in [9.17, 15) is 0 Å². The Balaban J connectivity index is 2.13. The number of rotatable bonds is 2. The molecule has 3 aromatic rings. The average Bonchev–Trinajstić information content (AvgIpc) is 2.84. The van der Waals surface area contributed by atoms with Gasteiger partial charge in [-0.1, -0.05) is 54.6 Å². The maximum Gasteiger partial charge on any atom is 0.135 e. The minimum atomic E-state index is 0.921. The first kappa shape index (κ1) is 10.8. The lowest BCUT2D eigenvalue weighted by molar-refractivity contribution is 0.600. The molecule has 0 amide bonds. The topological polar surface area (TPSA) is 13.1 Å². The van der Waals surface area contributed by atoms with Gasteiger partial charge >= 0.3 is 0 Å². The molecule has 0 aliphatic carbocycles. The van der Waals surface area contributed by atoms with Crippen LogP contribution in [-0.2, 0) is 0 Å². The second-order valence-corrected chi connectivity index (χ2v) is 4.22. The van der Waals surface area contributed by atoms with Crippen molar-refractivity contribution in [2.24, 2.45) is 0 Å². The third-order valence-electron chi connectivity index (χ3n) is 3.06. The molecule has 1 heterocycles. The Bertz CT molecular complexity index is 657. The minimum Gasteiger partial charge on any atom is -0.456 e. The standard InChI is InChI=1S/C17H14O/c1-2-15(13-8-4-3-5-9-13)17-12-14-10-6-7-11-16(14)18-17/h2-12H,1H3/b15-2+. The van der Waals surface area contributed by atoms with Crippen molar-refractivity contribution >= 4 is 16.5 Å². The Labute approximate surface area is 106 Å². The van der Waals surface area contributed by atoms with Gasteiger partial charge in [0.05, 0.1) is 0 Å². The molecule has 0 atom stereocenters. The van der Waals surface area contributed by atoms with E-state index >= 15 is 0 Å². The van der Waals surface area contributed by atoms with Gasteiger partial charge in [0.1, 0.15) is 11.3 Å². The molecular weight excluding hydrogens is 220 g/mol. The maximum atomic E-state index is 5.91. The smallest absolute Gasteiger partial charge is 0.135 e. The van der Waals surface area contributed by atoms with Gasteiger partial charge < -0.3 is 4.42 Å². The molecule has 0 saturated heterocycles. The van der Waals surface area contributed by atoms with Crippen LogP contribution in [0, 0.1) is 0 Å². The van der Waals surface area contributed by atoms with Crippen LogP contribution < -0.4 is 0 Å². The summed E-state index contributed by atoms with van der Waals surface area (Å²) in [7, 11) is 0. The van der Waals surface area contributed by atoms with E-state index in [-0.39, 0.29) is 0 Å². The van der Waals surface area contributed by atoms with Crippen LogP contribution in [0.2, 0.25) is 0 Å². The van der Waals surface area contributed by atoms with Gasteiger partial charge in [0, 0.05) is 11.0 Å². The SMILES string of the molecule is C/C=C(\c1ccccc1)c1cc2ccccc2o1. The second-order valence-electron chi connectivity index (χ2n) is 4.22. The molecule has 2 aromatic carbocycles. The van der Waals surface area contributed by atoms with E-state index in [4.69, 9.17) is 4.42 Å². The third kappa shape index (κ3) is 1.84. The molecule has 0 N–H and O–H groups in total. The van der Waals surface area contributed by atoms with Crippen molar-refractivity contribution in [3.8, 4) is 0 Å². The van der Waals surface area contributed by atoms with Gasteiger partial charge in [-0.2, -0.15) is 0 Å². The highest BCUT2D eigenvalue weighted by atomic mass is 16.3.